The molecule has 0 atom stereocenters. The van der Waals surface area contributed by atoms with E-state index in [1.807, 2.05) is 34.5 Å². The highest BCUT2D eigenvalue weighted by atomic mass is 32.1. The first-order valence-corrected chi connectivity index (χ1v) is 9.30. The zero-order valence-corrected chi connectivity index (χ0v) is 14.6. The van der Waals surface area contributed by atoms with Crippen molar-refractivity contribution in [3.05, 3.63) is 35.3 Å². The Kier molecular flexibility index (Phi) is 4.71. The molecule has 0 unspecified atom stereocenters. The van der Waals surface area contributed by atoms with Crippen LogP contribution in [0, 0.1) is 0 Å². The Labute approximate surface area is 149 Å². The summed E-state index contributed by atoms with van der Waals surface area (Å²) in [5.41, 5.74) is 1.68. The molecule has 130 valence electrons. The minimum atomic E-state index is 0.202. The Morgan fingerprint density at radius 1 is 1.20 bits per heavy atom. The Balaban J connectivity index is 1.41. The second kappa shape index (κ2) is 7.28. The lowest BCUT2D eigenvalue weighted by Gasteiger charge is -2.26. The summed E-state index contributed by atoms with van der Waals surface area (Å²) in [6, 6.07) is 7.89. The molecule has 0 saturated carbocycles. The summed E-state index contributed by atoms with van der Waals surface area (Å²) in [7, 11) is 0. The normalized spacial score (nSPS) is 15.0. The standard InChI is InChI=1S/C17H19N5O2S/c23-16(21-8-10-24-11-9-21)5-1-3-13-6-7-15-18-19-17(22(15)20-13)14-4-2-12-25-14/h2,4,6-7,12H,1,3,5,8-11H2. The van der Waals surface area contributed by atoms with Crippen molar-refractivity contribution in [3.8, 4) is 10.7 Å². The average molecular weight is 357 g/mol. The lowest BCUT2D eigenvalue weighted by atomic mass is 10.1. The maximum Gasteiger partial charge on any atom is 0.222 e. The Morgan fingerprint density at radius 2 is 2.08 bits per heavy atom. The lowest BCUT2D eigenvalue weighted by molar-refractivity contribution is -0.135. The van der Waals surface area contributed by atoms with E-state index in [2.05, 4.69) is 15.3 Å². The minimum absolute atomic E-state index is 0.202. The minimum Gasteiger partial charge on any atom is -0.378 e. The van der Waals surface area contributed by atoms with Gasteiger partial charge in [-0.1, -0.05) is 6.07 Å². The van der Waals surface area contributed by atoms with Gasteiger partial charge in [-0.2, -0.15) is 9.61 Å². The van der Waals surface area contributed by atoms with Gasteiger partial charge in [0, 0.05) is 19.5 Å². The molecule has 1 saturated heterocycles. The van der Waals surface area contributed by atoms with Gasteiger partial charge in [0.25, 0.3) is 0 Å². The highest BCUT2D eigenvalue weighted by molar-refractivity contribution is 7.13. The van der Waals surface area contributed by atoms with Gasteiger partial charge in [0.1, 0.15) is 0 Å². The number of carbonyl (C=O) groups excluding carboxylic acids is 1. The molecule has 8 heteroatoms. The number of morpholine rings is 1. The van der Waals surface area contributed by atoms with Gasteiger partial charge in [0.05, 0.1) is 23.8 Å². The Bertz CT molecular complexity index is 855. The summed E-state index contributed by atoms with van der Waals surface area (Å²) in [5.74, 6) is 0.962. The second-order valence-electron chi connectivity index (χ2n) is 5.94. The fourth-order valence-corrected chi connectivity index (χ4v) is 3.60. The van der Waals surface area contributed by atoms with Crippen molar-refractivity contribution < 1.29 is 9.53 Å². The molecule has 25 heavy (non-hydrogen) atoms. The molecule has 0 aliphatic carbocycles. The summed E-state index contributed by atoms with van der Waals surface area (Å²) in [6.45, 7) is 2.69. The van der Waals surface area contributed by atoms with Gasteiger partial charge in [-0.25, -0.2) is 0 Å². The van der Waals surface area contributed by atoms with Crippen LogP contribution in [0.15, 0.2) is 29.6 Å². The third-order valence-corrected chi connectivity index (χ3v) is 5.11. The van der Waals surface area contributed by atoms with E-state index in [9.17, 15) is 4.79 Å². The number of hydrogen-bond acceptors (Lipinski definition) is 6. The largest absolute Gasteiger partial charge is 0.378 e. The van der Waals surface area contributed by atoms with E-state index in [1.165, 1.54) is 0 Å². The maximum absolute atomic E-state index is 12.2. The number of amides is 1. The smallest absolute Gasteiger partial charge is 0.222 e. The number of thiophene rings is 1. The molecule has 7 nitrogen and oxygen atoms in total. The van der Waals surface area contributed by atoms with Gasteiger partial charge in [0.15, 0.2) is 11.5 Å². The van der Waals surface area contributed by atoms with E-state index in [0.717, 1.165) is 34.9 Å². The highest BCUT2D eigenvalue weighted by Crippen LogP contribution is 2.22. The van der Waals surface area contributed by atoms with Crippen LogP contribution >= 0.6 is 11.3 Å². The van der Waals surface area contributed by atoms with Gasteiger partial charge in [0.2, 0.25) is 5.91 Å². The van der Waals surface area contributed by atoms with Crippen molar-refractivity contribution in [2.45, 2.75) is 19.3 Å². The number of aryl methyl sites for hydroxylation is 1. The molecule has 1 amide bonds. The molecule has 0 spiro atoms. The molecule has 4 rings (SSSR count). The Morgan fingerprint density at radius 3 is 2.88 bits per heavy atom. The first kappa shape index (κ1) is 16.2. The first-order chi connectivity index (χ1) is 12.3. The van der Waals surface area contributed by atoms with Gasteiger partial charge in [-0.15, -0.1) is 21.5 Å². The van der Waals surface area contributed by atoms with Crippen LogP contribution in [0.4, 0.5) is 0 Å². The van der Waals surface area contributed by atoms with Crippen molar-refractivity contribution in [3.63, 3.8) is 0 Å². The summed E-state index contributed by atoms with van der Waals surface area (Å²) < 4.78 is 7.06. The zero-order chi connectivity index (χ0) is 17.1. The number of hydrogen-bond donors (Lipinski definition) is 0. The van der Waals surface area contributed by atoms with E-state index in [1.54, 1.807) is 15.9 Å². The van der Waals surface area contributed by atoms with Crippen molar-refractivity contribution in [2.24, 2.45) is 0 Å². The number of carbonyl (C=O) groups is 1. The molecule has 0 N–H and O–H groups in total. The fourth-order valence-electron chi connectivity index (χ4n) is 2.91. The second-order valence-corrected chi connectivity index (χ2v) is 6.89. The SMILES string of the molecule is O=C(CCCc1ccc2nnc(-c3cccs3)n2n1)N1CCOCC1. The number of aromatic nitrogens is 4. The molecule has 0 aromatic carbocycles. The first-order valence-electron chi connectivity index (χ1n) is 8.42. The molecule has 0 radical (unpaired) electrons. The highest BCUT2D eigenvalue weighted by Gasteiger charge is 2.16. The molecule has 1 aliphatic rings. The van der Waals surface area contributed by atoms with Crippen LogP contribution in [0.3, 0.4) is 0 Å². The van der Waals surface area contributed by atoms with Crippen LogP contribution in [0.25, 0.3) is 16.3 Å². The summed E-state index contributed by atoms with van der Waals surface area (Å²) >= 11 is 1.62. The van der Waals surface area contributed by atoms with Crippen LogP contribution in [-0.2, 0) is 16.0 Å². The third kappa shape index (κ3) is 3.54. The number of ether oxygens (including phenoxy) is 1. The zero-order valence-electron chi connectivity index (χ0n) is 13.8. The summed E-state index contributed by atoms with van der Waals surface area (Å²) in [5, 5.41) is 15.1. The summed E-state index contributed by atoms with van der Waals surface area (Å²) in [4.78, 5) is 15.1. The molecule has 3 aromatic heterocycles. The van der Waals surface area contributed by atoms with Crippen molar-refractivity contribution in [1.29, 1.82) is 0 Å². The van der Waals surface area contributed by atoms with E-state index < -0.39 is 0 Å². The third-order valence-electron chi connectivity index (χ3n) is 4.25. The predicted molar refractivity (Wildman–Crippen MR) is 94.4 cm³/mol. The van der Waals surface area contributed by atoms with Gasteiger partial charge < -0.3 is 9.64 Å². The van der Waals surface area contributed by atoms with E-state index >= 15 is 0 Å². The van der Waals surface area contributed by atoms with Crippen LogP contribution in [0.1, 0.15) is 18.5 Å². The molecule has 3 aromatic rings. The lowest BCUT2D eigenvalue weighted by Crippen LogP contribution is -2.40. The van der Waals surface area contributed by atoms with Crippen molar-refractivity contribution in [2.75, 3.05) is 26.3 Å². The molecular weight excluding hydrogens is 338 g/mol. The molecule has 1 aliphatic heterocycles. The van der Waals surface area contributed by atoms with Crippen LogP contribution in [0.2, 0.25) is 0 Å². The number of rotatable bonds is 5. The van der Waals surface area contributed by atoms with Crippen molar-refractivity contribution in [1.82, 2.24) is 24.7 Å². The molecular formula is C17H19N5O2S. The Hall–Kier alpha value is -2.32. The van der Waals surface area contributed by atoms with Crippen LogP contribution in [0.5, 0.6) is 0 Å². The van der Waals surface area contributed by atoms with Gasteiger partial charge in [-0.05, 0) is 36.4 Å². The quantitative estimate of drug-likeness (QED) is 0.699. The van der Waals surface area contributed by atoms with Crippen LogP contribution in [-0.4, -0.2) is 56.9 Å². The molecule has 1 fully saturated rings. The van der Waals surface area contributed by atoms with E-state index in [4.69, 9.17) is 4.74 Å². The number of nitrogens with zero attached hydrogens (tertiary/aromatic N) is 5. The molecule has 4 heterocycles. The van der Waals surface area contributed by atoms with E-state index in [-0.39, 0.29) is 5.91 Å². The van der Waals surface area contributed by atoms with E-state index in [0.29, 0.717) is 32.7 Å². The van der Waals surface area contributed by atoms with Crippen molar-refractivity contribution >= 4 is 22.9 Å². The van der Waals surface area contributed by atoms with Crippen LogP contribution < -0.4 is 0 Å². The average Bonchev–Trinajstić information content (AvgIpc) is 3.31. The number of fused-ring (bicyclic) bond motifs is 1. The van der Waals surface area contributed by atoms with Gasteiger partial charge >= 0.3 is 0 Å². The predicted octanol–water partition coefficient (Wildman–Crippen LogP) is 2.03. The van der Waals surface area contributed by atoms with Gasteiger partial charge in [-0.3, -0.25) is 4.79 Å². The topological polar surface area (TPSA) is 72.6 Å². The molecule has 0 bridgehead atoms. The fraction of sp³-hybridized carbons (Fsp3) is 0.412. The maximum atomic E-state index is 12.2. The summed E-state index contributed by atoms with van der Waals surface area (Å²) in [6.07, 6.45) is 2.08. The monoisotopic (exact) mass is 357 g/mol.